The van der Waals surface area contributed by atoms with Crippen molar-refractivity contribution in [1.82, 2.24) is 10.2 Å². The second-order valence-electron chi connectivity index (χ2n) is 5.52. The van der Waals surface area contributed by atoms with Crippen LogP contribution in [-0.2, 0) is 16.1 Å². The zero-order chi connectivity index (χ0) is 17.1. The summed E-state index contributed by atoms with van der Waals surface area (Å²) in [6, 6.07) is 7.06. The van der Waals surface area contributed by atoms with Crippen molar-refractivity contribution in [3.8, 4) is 0 Å². The highest BCUT2D eigenvalue weighted by Crippen LogP contribution is 2.40. The maximum absolute atomic E-state index is 13.1. The van der Waals surface area contributed by atoms with Gasteiger partial charge in [0.15, 0.2) is 5.60 Å². The highest BCUT2D eigenvalue weighted by atomic mass is 35.5. The smallest absolute Gasteiger partial charge is 0.367 e. The van der Waals surface area contributed by atoms with Gasteiger partial charge in [-0.3, -0.25) is 9.69 Å². The second-order valence-corrected chi connectivity index (χ2v) is 5.93. The van der Waals surface area contributed by atoms with Gasteiger partial charge in [-0.15, -0.1) is 0 Å². The minimum atomic E-state index is -4.45. The molecule has 1 aliphatic rings. The molecule has 128 valence electrons. The number of halogens is 4. The first kappa shape index (κ1) is 18.0. The summed E-state index contributed by atoms with van der Waals surface area (Å²) in [5.41, 5.74) is -1.43. The third-order valence-electron chi connectivity index (χ3n) is 4.02. The molecule has 4 nitrogen and oxygen atoms in total. The molecule has 0 spiro atoms. The van der Waals surface area contributed by atoms with E-state index in [1.807, 2.05) is 0 Å². The third kappa shape index (κ3) is 4.16. The average Bonchev–Trinajstić information content (AvgIpc) is 2.90. The van der Waals surface area contributed by atoms with Crippen LogP contribution in [0.15, 0.2) is 24.3 Å². The fraction of sp³-hybridized carbons (Fsp3) is 0.533. The van der Waals surface area contributed by atoms with Crippen LogP contribution in [0.2, 0.25) is 5.02 Å². The van der Waals surface area contributed by atoms with Crippen LogP contribution in [0.1, 0.15) is 12.0 Å². The number of rotatable bonds is 5. The van der Waals surface area contributed by atoms with Gasteiger partial charge in [-0.25, -0.2) is 0 Å². The van der Waals surface area contributed by atoms with E-state index in [0.717, 1.165) is 12.7 Å². The summed E-state index contributed by atoms with van der Waals surface area (Å²) in [6.07, 6.45) is -4.63. The first-order chi connectivity index (χ1) is 10.8. The van der Waals surface area contributed by atoms with Gasteiger partial charge < -0.3 is 10.1 Å². The monoisotopic (exact) mass is 350 g/mol. The summed E-state index contributed by atoms with van der Waals surface area (Å²) >= 11 is 5.98. The van der Waals surface area contributed by atoms with Crippen molar-refractivity contribution in [1.29, 1.82) is 0 Å². The summed E-state index contributed by atoms with van der Waals surface area (Å²) in [5.74, 6) is -0.348. The highest BCUT2D eigenvalue weighted by molar-refractivity contribution is 6.31. The van der Waals surface area contributed by atoms with Crippen molar-refractivity contribution in [2.24, 2.45) is 0 Å². The van der Waals surface area contributed by atoms with Gasteiger partial charge in [0.2, 0.25) is 5.91 Å². The van der Waals surface area contributed by atoms with Crippen LogP contribution in [0.3, 0.4) is 0 Å². The third-order valence-corrected chi connectivity index (χ3v) is 4.39. The van der Waals surface area contributed by atoms with Crippen molar-refractivity contribution >= 4 is 17.5 Å². The Bertz CT molecular complexity index is 568. The molecule has 1 fully saturated rings. The van der Waals surface area contributed by atoms with Crippen molar-refractivity contribution in [2.75, 3.05) is 26.7 Å². The Kier molecular flexibility index (Phi) is 5.54. The number of methoxy groups -OCH3 is 1. The predicted octanol–water partition coefficient (Wildman–Crippen LogP) is 2.61. The highest BCUT2D eigenvalue weighted by Gasteiger charge is 2.58. The van der Waals surface area contributed by atoms with Crippen molar-refractivity contribution < 1.29 is 22.7 Å². The molecule has 0 bridgehead atoms. The summed E-state index contributed by atoms with van der Waals surface area (Å²) in [6.45, 7) is -0.0495. The zero-order valence-corrected chi connectivity index (χ0v) is 13.4. The maximum Gasteiger partial charge on any atom is 0.418 e. The van der Waals surface area contributed by atoms with Crippen molar-refractivity contribution in [2.45, 2.75) is 24.7 Å². The number of carbonyl (C=O) groups is 1. The first-order valence-electron chi connectivity index (χ1n) is 7.12. The summed E-state index contributed by atoms with van der Waals surface area (Å²) in [5, 5.41) is 3.20. The molecule has 2 rings (SSSR count). The lowest BCUT2D eigenvalue weighted by Crippen LogP contribution is -2.49. The van der Waals surface area contributed by atoms with Gasteiger partial charge in [-0.05, 0) is 18.1 Å². The number of nitrogens with one attached hydrogen (secondary N) is 1. The topological polar surface area (TPSA) is 41.6 Å². The molecule has 1 unspecified atom stereocenters. The lowest BCUT2D eigenvalue weighted by atomic mass is 10.0. The zero-order valence-electron chi connectivity index (χ0n) is 12.6. The van der Waals surface area contributed by atoms with Crippen LogP contribution in [0, 0.1) is 0 Å². The minimum absolute atomic E-state index is 0.106. The molecule has 0 saturated carbocycles. The number of ether oxygens (including phenoxy) is 1. The molecule has 1 aromatic rings. The van der Waals surface area contributed by atoms with E-state index in [0.29, 0.717) is 5.02 Å². The Morgan fingerprint density at radius 2 is 2.13 bits per heavy atom. The van der Waals surface area contributed by atoms with E-state index in [4.69, 9.17) is 16.3 Å². The number of carbonyl (C=O) groups excluding carboxylic acids is 1. The summed E-state index contributed by atoms with van der Waals surface area (Å²) < 4.78 is 43.9. The van der Waals surface area contributed by atoms with E-state index in [1.165, 1.54) is 4.90 Å². The molecule has 1 aromatic carbocycles. The second kappa shape index (κ2) is 7.07. The molecule has 8 heteroatoms. The van der Waals surface area contributed by atoms with Crippen molar-refractivity contribution in [3.05, 3.63) is 34.9 Å². The van der Waals surface area contributed by atoms with Gasteiger partial charge in [0.1, 0.15) is 0 Å². The largest absolute Gasteiger partial charge is 0.418 e. The van der Waals surface area contributed by atoms with Gasteiger partial charge in [-0.2, -0.15) is 13.2 Å². The summed E-state index contributed by atoms with van der Waals surface area (Å²) in [4.78, 5) is 13.4. The molecule has 1 amide bonds. The Morgan fingerprint density at radius 1 is 1.43 bits per heavy atom. The van der Waals surface area contributed by atoms with Crippen molar-refractivity contribution in [3.63, 3.8) is 0 Å². The maximum atomic E-state index is 13.1. The van der Waals surface area contributed by atoms with Gasteiger partial charge in [0.05, 0.1) is 6.54 Å². The fourth-order valence-electron chi connectivity index (χ4n) is 2.60. The Labute approximate surface area is 137 Å². The van der Waals surface area contributed by atoms with Gasteiger partial charge in [0.25, 0.3) is 0 Å². The number of hydrogen-bond donors (Lipinski definition) is 1. The van der Waals surface area contributed by atoms with E-state index >= 15 is 0 Å². The molecule has 1 heterocycles. The molecule has 0 aromatic heterocycles. The van der Waals surface area contributed by atoms with Crippen LogP contribution >= 0.6 is 11.6 Å². The van der Waals surface area contributed by atoms with E-state index < -0.39 is 11.8 Å². The number of nitrogens with zero attached hydrogens (tertiary/aromatic N) is 1. The number of benzene rings is 1. The minimum Gasteiger partial charge on any atom is -0.367 e. The molecule has 23 heavy (non-hydrogen) atoms. The number of amides is 1. The molecule has 1 aliphatic heterocycles. The van der Waals surface area contributed by atoms with E-state index in [-0.39, 0.29) is 38.5 Å². The van der Waals surface area contributed by atoms with Gasteiger partial charge in [-0.1, -0.05) is 29.8 Å². The average molecular weight is 351 g/mol. The molecule has 1 N–H and O–H groups in total. The molecular formula is C15H18ClF3N2O2. The number of likely N-dealkylation sites (tertiary alicyclic amines) is 1. The first-order valence-corrected chi connectivity index (χ1v) is 7.49. The lowest BCUT2D eigenvalue weighted by molar-refractivity contribution is -0.263. The fourth-order valence-corrected chi connectivity index (χ4v) is 2.80. The standard InChI is InChI=1S/C15H18ClF3N2O2/c1-23-14(15(17,18)19)6-7-21(10-14)9-13(22)20-8-11-4-2-3-5-12(11)16/h2-5H,6-10H2,1H3,(H,20,22). The molecule has 0 radical (unpaired) electrons. The van der Waals surface area contributed by atoms with Crippen LogP contribution in [-0.4, -0.2) is 49.3 Å². The molecule has 1 saturated heterocycles. The quantitative estimate of drug-likeness (QED) is 0.887. The SMILES string of the molecule is COC1(C(F)(F)F)CCN(CC(=O)NCc2ccccc2Cl)C1. The van der Waals surface area contributed by atoms with E-state index in [2.05, 4.69) is 5.32 Å². The predicted molar refractivity (Wildman–Crippen MR) is 80.2 cm³/mol. The molecule has 1 atom stereocenters. The Balaban J connectivity index is 1.86. The Morgan fingerprint density at radius 3 is 2.70 bits per heavy atom. The van der Waals surface area contributed by atoms with Gasteiger partial charge in [0, 0.05) is 31.8 Å². The van der Waals surface area contributed by atoms with E-state index in [9.17, 15) is 18.0 Å². The van der Waals surface area contributed by atoms with Crippen LogP contribution in [0.5, 0.6) is 0 Å². The molecule has 0 aliphatic carbocycles. The molecular weight excluding hydrogens is 333 g/mol. The van der Waals surface area contributed by atoms with E-state index in [1.54, 1.807) is 24.3 Å². The van der Waals surface area contributed by atoms with Crippen LogP contribution in [0.25, 0.3) is 0 Å². The van der Waals surface area contributed by atoms with Gasteiger partial charge >= 0.3 is 6.18 Å². The Hall–Kier alpha value is -1.31. The van der Waals surface area contributed by atoms with Crippen LogP contribution in [0.4, 0.5) is 13.2 Å². The number of hydrogen-bond acceptors (Lipinski definition) is 3. The lowest BCUT2D eigenvalue weighted by Gasteiger charge is -2.30. The summed E-state index contributed by atoms with van der Waals surface area (Å²) in [7, 11) is 1.05. The van der Waals surface area contributed by atoms with Crippen LogP contribution < -0.4 is 5.32 Å². The normalized spacial score (nSPS) is 22.3. The number of alkyl halides is 3.